The molecule has 2 aromatic carbocycles. The summed E-state index contributed by atoms with van der Waals surface area (Å²) in [7, 11) is 0. The van der Waals surface area contributed by atoms with Crippen molar-refractivity contribution in [3.8, 4) is 0 Å². The molecular formula is C27H24F2N4O3. The van der Waals surface area contributed by atoms with Crippen molar-refractivity contribution in [2.75, 3.05) is 13.1 Å². The number of carbonyl (C=O) groups is 3. The maximum absolute atomic E-state index is 13.9. The van der Waals surface area contributed by atoms with Gasteiger partial charge >= 0.3 is 6.03 Å². The second-order valence-electron chi connectivity index (χ2n) is 9.07. The third-order valence-electron chi connectivity index (χ3n) is 6.99. The third-order valence-corrected chi connectivity index (χ3v) is 6.99. The summed E-state index contributed by atoms with van der Waals surface area (Å²) < 4.78 is 26.6. The molecule has 0 saturated carbocycles. The second kappa shape index (κ2) is 9.49. The molecule has 0 radical (unpaired) electrons. The number of benzene rings is 2. The Bertz CT molecular complexity index is 1280. The minimum atomic E-state index is -1.32. The third kappa shape index (κ3) is 4.21. The molecule has 4 amide bonds. The predicted octanol–water partition coefficient (Wildman–Crippen LogP) is 3.86. The molecule has 9 heteroatoms. The number of imide groups is 1. The molecule has 3 heterocycles. The lowest BCUT2D eigenvalue weighted by atomic mass is 9.73. The van der Waals surface area contributed by atoms with Crippen LogP contribution in [0.2, 0.25) is 0 Å². The molecule has 0 spiro atoms. The number of halogens is 2. The van der Waals surface area contributed by atoms with E-state index in [9.17, 15) is 23.2 Å². The first-order valence-electron chi connectivity index (χ1n) is 11.7. The van der Waals surface area contributed by atoms with Crippen molar-refractivity contribution < 1.29 is 23.2 Å². The Morgan fingerprint density at radius 3 is 2.22 bits per heavy atom. The molecule has 1 aromatic heterocycles. The molecule has 0 aliphatic carbocycles. The lowest BCUT2D eigenvalue weighted by Gasteiger charge is -2.41. The van der Waals surface area contributed by atoms with E-state index in [-0.39, 0.29) is 18.4 Å². The summed E-state index contributed by atoms with van der Waals surface area (Å²) in [6.07, 6.45) is 4.12. The lowest BCUT2D eigenvalue weighted by Crippen LogP contribution is -2.54. The largest absolute Gasteiger partial charge is 0.339 e. The van der Waals surface area contributed by atoms with Crippen LogP contribution in [0, 0.1) is 17.6 Å². The van der Waals surface area contributed by atoms with Gasteiger partial charge in [0.05, 0.1) is 6.54 Å². The first-order valence-corrected chi connectivity index (χ1v) is 11.7. The van der Waals surface area contributed by atoms with Crippen LogP contribution in [-0.4, -0.2) is 45.7 Å². The molecule has 0 bridgehead atoms. The predicted molar refractivity (Wildman–Crippen MR) is 126 cm³/mol. The van der Waals surface area contributed by atoms with Crippen LogP contribution in [0.1, 0.15) is 34.3 Å². The van der Waals surface area contributed by atoms with Gasteiger partial charge in [-0.2, -0.15) is 0 Å². The van der Waals surface area contributed by atoms with Crippen LogP contribution in [0.15, 0.2) is 73.1 Å². The number of rotatable bonds is 5. The summed E-state index contributed by atoms with van der Waals surface area (Å²) >= 11 is 0. The Hall–Kier alpha value is -4.14. The number of hydrogen-bond acceptors (Lipinski definition) is 4. The topological polar surface area (TPSA) is 82.6 Å². The van der Waals surface area contributed by atoms with Crippen molar-refractivity contribution in [3.63, 3.8) is 0 Å². The number of carbonyl (C=O) groups excluding carboxylic acids is 3. The smallest absolute Gasteiger partial charge is 0.325 e. The van der Waals surface area contributed by atoms with E-state index < -0.39 is 29.1 Å². The summed E-state index contributed by atoms with van der Waals surface area (Å²) in [5.41, 5.74) is 0.276. The van der Waals surface area contributed by atoms with Crippen molar-refractivity contribution in [3.05, 3.63) is 101 Å². The fraction of sp³-hybridized carbons (Fsp3) is 0.259. The van der Waals surface area contributed by atoms with Gasteiger partial charge in [-0.25, -0.2) is 13.6 Å². The van der Waals surface area contributed by atoms with Gasteiger partial charge in [-0.3, -0.25) is 19.5 Å². The number of piperidine rings is 1. The zero-order valence-corrected chi connectivity index (χ0v) is 19.4. The summed E-state index contributed by atoms with van der Waals surface area (Å²) in [6, 6.07) is 14.0. The van der Waals surface area contributed by atoms with Crippen LogP contribution in [-0.2, 0) is 16.9 Å². The molecule has 2 aliphatic rings. The normalized spacial score (nSPS) is 20.5. The highest BCUT2D eigenvalue weighted by molar-refractivity contribution is 6.07. The summed E-state index contributed by atoms with van der Waals surface area (Å²) in [6.45, 7) is 0.767. The van der Waals surface area contributed by atoms with Crippen molar-refractivity contribution >= 4 is 17.8 Å². The van der Waals surface area contributed by atoms with Gasteiger partial charge in [-0.15, -0.1) is 0 Å². The average Bonchev–Trinajstić information content (AvgIpc) is 3.16. The van der Waals surface area contributed by atoms with Crippen molar-refractivity contribution in [1.82, 2.24) is 20.1 Å². The van der Waals surface area contributed by atoms with Crippen LogP contribution in [0.5, 0.6) is 0 Å². The van der Waals surface area contributed by atoms with Crippen LogP contribution in [0.25, 0.3) is 0 Å². The maximum atomic E-state index is 13.9. The van der Waals surface area contributed by atoms with Crippen LogP contribution < -0.4 is 5.32 Å². The van der Waals surface area contributed by atoms with E-state index in [1.54, 1.807) is 41.6 Å². The highest BCUT2D eigenvalue weighted by Crippen LogP contribution is 2.41. The number of pyridine rings is 1. The van der Waals surface area contributed by atoms with Gasteiger partial charge in [0.2, 0.25) is 0 Å². The molecule has 2 saturated heterocycles. The minimum Gasteiger partial charge on any atom is -0.339 e. The fourth-order valence-electron chi connectivity index (χ4n) is 5.11. The molecule has 2 aliphatic heterocycles. The number of nitrogens with one attached hydrogen (secondary N) is 1. The Morgan fingerprint density at radius 1 is 0.972 bits per heavy atom. The average molecular weight is 491 g/mol. The number of urea groups is 1. The summed E-state index contributed by atoms with van der Waals surface area (Å²) in [5.74, 6) is -1.70. The summed E-state index contributed by atoms with van der Waals surface area (Å²) in [5, 5.41) is 2.95. The van der Waals surface area contributed by atoms with Crippen LogP contribution >= 0.6 is 0 Å². The van der Waals surface area contributed by atoms with Gasteiger partial charge in [0.15, 0.2) is 5.54 Å². The van der Waals surface area contributed by atoms with E-state index in [0.29, 0.717) is 42.6 Å². The fourth-order valence-corrected chi connectivity index (χ4v) is 5.11. The molecule has 5 rings (SSSR count). The molecule has 1 unspecified atom stereocenters. The highest BCUT2D eigenvalue weighted by atomic mass is 19.1. The van der Waals surface area contributed by atoms with Crippen molar-refractivity contribution in [2.24, 2.45) is 5.92 Å². The standard InChI is InChI=1S/C27H24F2N4O3/c28-22-7-3-18(4-8-22)17-33-25(35)27(31-26(33)36,21-2-1-13-30-16-21)20-11-14-32(15-12-20)24(34)19-5-9-23(29)10-6-19/h1-10,13,16,20H,11-12,14-15,17H2,(H,31,36). The number of hydrogen-bond donors (Lipinski definition) is 1. The monoisotopic (exact) mass is 490 g/mol. The Kier molecular flexibility index (Phi) is 6.22. The van der Waals surface area contributed by atoms with E-state index in [1.807, 2.05) is 0 Å². The van der Waals surface area contributed by atoms with E-state index in [0.717, 1.165) is 4.90 Å². The minimum absolute atomic E-state index is 0.00879. The first kappa shape index (κ1) is 23.6. The number of aromatic nitrogens is 1. The SMILES string of the molecule is O=C(c1ccc(F)cc1)N1CCC(C2(c3cccnc3)NC(=O)N(Cc3ccc(F)cc3)C2=O)CC1. The molecule has 184 valence electrons. The number of amides is 4. The molecule has 3 aromatic rings. The second-order valence-corrected chi connectivity index (χ2v) is 9.07. The van der Waals surface area contributed by atoms with E-state index in [1.165, 1.54) is 36.4 Å². The number of nitrogens with zero attached hydrogens (tertiary/aromatic N) is 3. The van der Waals surface area contributed by atoms with E-state index >= 15 is 0 Å². The quantitative estimate of drug-likeness (QED) is 0.551. The van der Waals surface area contributed by atoms with E-state index in [4.69, 9.17) is 0 Å². The van der Waals surface area contributed by atoms with E-state index in [2.05, 4.69) is 10.3 Å². The molecule has 1 N–H and O–H groups in total. The molecule has 1 atom stereocenters. The van der Waals surface area contributed by atoms with Crippen LogP contribution in [0.4, 0.5) is 13.6 Å². The zero-order chi connectivity index (χ0) is 25.3. The van der Waals surface area contributed by atoms with Gasteiger partial charge < -0.3 is 10.2 Å². The van der Waals surface area contributed by atoms with Gasteiger partial charge in [0.1, 0.15) is 11.6 Å². The van der Waals surface area contributed by atoms with Gasteiger partial charge in [0.25, 0.3) is 11.8 Å². The first-order chi connectivity index (χ1) is 17.4. The Morgan fingerprint density at radius 2 is 1.61 bits per heavy atom. The van der Waals surface area contributed by atoms with Crippen LogP contribution in [0.3, 0.4) is 0 Å². The van der Waals surface area contributed by atoms with Gasteiger partial charge in [0, 0.05) is 36.6 Å². The highest BCUT2D eigenvalue weighted by Gasteiger charge is 2.57. The zero-order valence-electron chi connectivity index (χ0n) is 19.4. The van der Waals surface area contributed by atoms with Crippen molar-refractivity contribution in [1.29, 1.82) is 0 Å². The van der Waals surface area contributed by atoms with Gasteiger partial charge in [-0.1, -0.05) is 18.2 Å². The lowest BCUT2D eigenvalue weighted by molar-refractivity contribution is -0.134. The molecule has 2 fully saturated rings. The van der Waals surface area contributed by atoms with Crippen molar-refractivity contribution in [2.45, 2.75) is 24.9 Å². The Labute approximate surface area is 206 Å². The summed E-state index contributed by atoms with van der Waals surface area (Å²) in [4.78, 5) is 46.9. The molecular weight excluding hydrogens is 466 g/mol. The van der Waals surface area contributed by atoms with Gasteiger partial charge in [-0.05, 0) is 66.8 Å². The molecule has 7 nitrogen and oxygen atoms in total. The number of likely N-dealkylation sites (tertiary alicyclic amines) is 1. The maximum Gasteiger partial charge on any atom is 0.325 e. The molecule has 36 heavy (non-hydrogen) atoms. The Balaban J connectivity index is 1.39.